The molecule has 8 nitrogen and oxygen atoms in total. The van der Waals surface area contributed by atoms with E-state index in [0.717, 1.165) is 19.5 Å². The lowest BCUT2D eigenvalue weighted by molar-refractivity contribution is 0.401. The highest BCUT2D eigenvalue weighted by Gasteiger charge is 2.26. The lowest BCUT2D eigenvalue weighted by Gasteiger charge is -2.26. The Morgan fingerprint density at radius 3 is 2.82 bits per heavy atom. The zero-order chi connectivity index (χ0) is 20.3. The molecule has 150 valence electrons. The zero-order valence-electron chi connectivity index (χ0n) is 16.0. The summed E-state index contributed by atoms with van der Waals surface area (Å²) in [5, 5.41) is 3.84. The number of aliphatic imine (C=N–C) groups is 1. The Bertz CT molecular complexity index is 877. The number of nitrogens with one attached hydrogen (secondary N) is 1. The normalized spacial score (nSPS) is 17.6. The number of halogens is 2. The summed E-state index contributed by atoms with van der Waals surface area (Å²) in [6.45, 7) is 2.01. The third-order valence-corrected chi connectivity index (χ3v) is 5.34. The minimum absolute atomic E-state index is 0.137. The van der Waals surface area contributed by atoms with Crippen LogP contribution < -0.4 is 20.7 Å². The smallest absolute Gasteiger partial charge is 0.254 e. The number of likely N-dealkylation sites (tertiary alicyclic amines) is 1. The van der Waals surface area contributed by atoms with E-state index < -0.39 is 0 Å². The van der Waals surface area contributed by atoms with Crippen LogP contribution in [0.3, 0.4) is 0 Å². The molecule has 1 saturated heterocycles. The largest absolute Gasteiger partial charge is 0.491 e. The molecule has 1 unspecified atom stereocenters. The maximum absolute atomic E-state index is 6.02. The van der Waals surface area contributed by atoms with Gasteiger partial charge in [0.15, 0.2) is 11.6 Å². The van der Waals surface area contributed by atoms with E-state index in [-0.39, 0.29) is 11.9 Å². The molecule has 3 N–H and O–H groups in total. The predicted octanol–water partition coefficient (Wildman–Crippen LogP) is 2.99. The molecule has 0 saturated carbocycles. The van der Waals surface area contributed by atoms with Crippen LogP contribution in [0.15, 0.2) is 29.4 Å². The Kier molecular flexibility index (Phi) is 6.43. The average molecular weight is 424 g/mol. The first-order chi connectivity index (χ1) is 13.4. The Hall–Kier alpha value is -2.29. The molecule has 2 aromatic rings. The summed E-state index contributed by atoms with van der Waals surface area (Å²) in [4.78, 5) is 17.4. The number of hydrogen-bond donors (Lipinski definition) is 2. The first-order valence-electron chi connectivity index (χ1n) is 8.76. The van der Waals surface area contributed by atoms with Crippen molar-refractivity contribution in [2.75, 3.05) is 44.5 Å². The second-order valence-corrected chi connectivity index (χ2v) is 7.44. The summed E-state index contributed by atoms with van der Waals surface area (Å²) in [6.07, 6.45) is 2.66. The average Bonchev–Trinajstić information content (AvgIpc) is 3.10. The molecule has 0 aliphatic carbocycles. The summed E-state index contributed by atoms with van der Waals surface area (Å²) in [5.41, 5.74) is 6.66. The summed E-state index contributed by atoms with van der Waals surface area (Å²) in [7, 11) is 5.70. The minimum atomic E-state index is 0.137. The van der Waals surface area contributed by atoms with Gasteiger partial charge in [0.25, 0.3) is 5.95 Å². The van der Waals surface area contributed by atoms with Gasteiger partial charge in [0.1, 0.15) is 0 Å². The highest BCUT2D eigenvalue weighted by atomic mass is 35.5. The van der Waals surface area contributed by atoms with Crippen molar-refractivity contribution >= 4 is 46.6 Å². The van der Waals surface area contributed by atoms with Gasteiger partial charge in [-0.25, -0.2) is 4.98 Å². The van der Waals surface area contributed by atoms with E-state index in [4.69, 9.17) is 33.7 Å². The van der Waals surface area contributed by atoms with Gasteiger partial charge in [-0.3, -0.25) is 0 Å². The van der Waals surface area contributed by atoms with E-state index in [2.05, 4.69) is 37.1 Å². The molecule has 10 heteroatoms. The molecular formula is C18H23Cl2N7O. The Morgan fingerprint density at radius 2 is 2.18 bits per heavy atom. The molecule has 28 heavy (non-hydrogen) atoms. The van der Waals surface area contributed by atoms with Crippen LogP contribution in [-0.2, 0) is 0 Å². The topological polar surface area (TPSA) is 91.9 Å². The van der Waals surface area contributed by atoms with Gasteiger partial charge in [-0.2, -0.15) is 9.98 Å². The number of aromatic nitrogens is 2. The molecule has 0 amide bonds. The SMILES string of the molecule is COc1cnc(N=C(N)Nc2ccc(Cl)c(Cl)c2)nc1N(C)C1CCN(C)C1. The number of hydrogen-bond acceptors (Lipinski definition) is 6. The monoisotopic (exact) mass is 423 g/mol. The fraction of sp³-hybridized carbons (Fsp3) is 0.389. The van der Waals surface area contributed by atoms with E-state index in [1.165, 1.54) is 0 Å². The third kappa shape index (κ3) is 4.76. The van der Waals surface area contributed by atoms with Crippen LogP contribution in [0, 0.1) is 0 Å². The lowest BCUT2D eigenvalue weighted by atomic mass is 10.2. The number of nitrogens with zero attached hydrogens (tertiary/aromatic N) is 5. The molecule has 1 aromatic heterocycles. The first kappa shape index (κ1) is 20.4. The Morgan fingerprint density at radius 1 is 1.39 bits per heavy atom. The van der Waals surface area contributed by atoms with Crippen molar-refractivity contribution in [1.82, 2.24) is 14.9 Å². The van der Waals surface area contributed by atoms with Crippen LogP contribution >= 0.6 is 23.2 Å². The van der Waals surface area contributed by atoms with Crippen molar-refractivity contribution in [3.8, 4) is 5.75 Å². The molecule has 1 aromatic carbocycles. The van der Waals surface area contributed by atoms with E-state index in [1.54, 1.807) is 31.5 Å². The third-order valence-electron chi connectivity index (χ3n) is 4.60. The van der Waals surface area contributed by atoms with Crippen LogP contribution in [0.4, 0.5) is 17.5 Å². The number of nitrogens with two attached hydrogens (primary N) is 1. The fourth-order valence-electron chi connectivity index (χ4n) is 3.06. The number of guanidine groups is 1. The van der Waals surface area contributed by atoms with Gasteiger partial charge in [0.2, 0.25) is 5.96 Å². The molecule has 1 aliphatic rings. The molecule has 1 atom stereocenters. The van der Waals surface area contributed by atoms with Crippen molar-refractivity contribution in [3.63, 3.8) is 0 Å². The summed E-state index contributed by atoms with van der Waals surface area (Å²) >= 11 is 11.9. The maximum atomic E-state index is 6.02. The molecule has 2 heterocycles. The molecule has 0 bridgehead atoms. The van der Waals surface area contributed by atoms with Gasteiger partial charge in [-0.05, 0) is 38.2 Å². The number of anilines is 2. The van der Waals surface area contributed by atoms with E-state index in [0.29, 0.717) is 33.3 Å². The van der Waals surface area contributed by atoms with Crippen LogP contribution in [0.2, 0.25) is 10.0 Å². The van der Waals surface area contributed by atoms with Crippen LogP contribution in [0.25, 0.3) is 0 Å². The molecule has 1 aliphatic heterocycles. The van der Waals surface area contributed by atoms with Crippen molar-refractivity contribution in [1.29, 1.82) is 0 Å². The summed E-state index contributed by atoms with van der Waals surface area (Å²) < 4.78 is 5.43. The van der Waals surface area contributed by atoms with Gasteiger partial charge < -0.3 is 25.6 Å². The maximum Gasteiger partial charge on any atom is 0.254 e. The summed E-state index contributed by atoms with van der Waals surface area (Å²) in [6, 6.07) is 5.44. The quantitative estimate of drug-likeness (QED) is 0.563. The van der Waals surface area contributed by atoms with Gasteiger partial charge >= 0.3 is 0 Å². The molecular weight excluding hydrogens is 401 g/mol. The molecule has 0 spiro atoms. The zero-order valence-corrected chi connectivity index (χ0v) is 17.5. The summed E-state index contributed by atoms with van der Waals surface area (Å²) in [5.74, 6) is 1.64. The van der Waals surface area contributed by atoms with Gasteiger partial charge in [-0.15, -0.1) is 0 Å². The Labute approximate surface area is 174 Å². The van der Waals surface area contributed by atoms with Crippen molar-refractivity contribution < 1.29 is 4.74 Å². The number of ether oxygens (including phenoxy) is 1. The highest BCUT2D eigenvalue weighted by Crippen LogP contribution is 2.29. The van der Waals surface area contributed by atoms with E-state index in [1.807, 2.05) is 7.05 Å². The van der Waals surface area contributed by atoms with Crippen LogP contribution in [0.5, 0.6) is 5.75 Å². The van der Waals surface area contributed by atoms with Crippen molar-refractivity contribution in [2.24, 2.45) is 10.7 Å². The van der Waals surface area contributed by atoms with Gasteiger partial charge in [0.05, 0.1) is 23.4 Å². The number of methoxy groups -OCH3 is 1. The van der Waals surface area contributed by atoms with Crippen LogP contribution in [0.1, 0.15) is 6.42 Å². The second-order valence-electron chi connectivity index (χ2n) is 6.63. The van der Waals surface area contributed by atoms with E-state index in [9.17, 15) is 0 Å². The Balaban J connectivity index is 1.81. The standard InChI is InChI=1S/C18H23Cl2N7O/c1-26-7-6-12(10-26)27(2)16-15(28-3)9-22-18(24-16)25-17(21)23-11-4-5-13(19)14(20)8-11/h4-5,8-9,12H,6-7,10H2,1-3H3,(H3,21,22,23,24,25). The minimum Gasteiger partial charge on any atom is -0.491 e. The number of benzene rings is 1. The first-order valence-corrected chi connectivity index (χ1v) is 9.51. The highest BCUT2D eigenvalue weighted by molar-refractivity contribution is 6.42. The van der Waals surface area contributed by atoms with Gasteiger partial charge in [-0.1, -0.05) is 23.2 Å². The lowest BCUT2D eigenvalue weighted by Crippen LogP contribution is -2.34. The molecule has 3 rings (SSSR count). The van der Waals surface area contributed by atoms with Crippen molar-refractivity contribution in [3.05, 3.63) is 34.4 Å². The van der Waals surface area contributed by atoms with Gasteiger partial charge in [0, 0.05) is 25.3 Å². The fourth-order valence-corrected chi connectivity index (χ4v) is 3.36. The van der Waals surface area contributed by atoms with Crippen LogP contribution in [-0.4, -0.2) is 61.2 Å². The molecule has 0 radical (unpaired) electrons. The number of rotatable bonds is 5. The number of likely N-dealkylation sites (N-methyl/N-ethyl adjacent to an activating group) is 2. The van der Waals surface area contributed by atoms with Crippen molar-refractivity contribution in [2.45, 2.75) is 12.5 Å². The second kappa shape index (κ2) is 8.81. The van der Waals surface area contributed by atoms with E-state index >= 15 is 0 Å². The molecule has 1 fully saturated rings. The predicted molar refractivity (Wildman–Crippen MR) is 114 cm³/mol.